The van der Waals surface area contributed by atoms with Crippen LogP contribution >= 0.6 is 0 Å². The molecule has 15 nitrogen and oxygen atoms in total. The van der Waals surface area contributed by atoms with E-state index in [2.05, 4.69) is 30.6 Å². The van der Waals surface area contributed by atoms with Gasteiger partial charge in [0.25, 0.3) is 11.8 Å². The molecule has 308 valence electrons. The van der Waals surface area contributed by atoms with Crippen LogP contribution in [-0.2, 0) is 24.3 Å². The van der Waals surface area contributed by atoms with Gasteiger partial charge in [0.1, 0.15) is 23.4 Å². The summed E-state index contributed by atoms with van der Waals surface area (Å²) < 4.78 is 44.7. The van der Waals surface area contributed by atoms with Gasteiger partial charge in [-0.3, -0.25) is 14.4 Å². The molecule has 0 saturated carbocycles. The van der Waals surface area contributed by atoms with E-state index in [4.69, 9.17) is 14.2 Å². The Hall–Kier alpha value is -6.03. The van der Waals surface area contributed by atoms with Crippen LogP contribution in [0.2, 0.25) is 0 Å². The summed E-state index contributed by atoms with van der Waals surface area (Å²) in [6.07, 6.45) is 4.32. The molecule has 1 aliphatic heterocycles. The zero-order valence-corrected chi connectivity index (χ0v) is 33.9. The SMILES string of the molecule is COc1cc(Oc2ccc(C3NC(=O)[C@H](NC(=O)OC(C)(C)C)CCCCCCCCCS(=O)(=O)NC(=O)c4ccccc4NC3=O)cc2)nc(-c2ccccc2)n1. The number of nitrogens with zero attached hydrogens (tertiary/aromatic N) is 2. The number of carbonyl (C=O) groups excluding carboxylic acids is 4. The first-order valence-corrected chi connectivity index (χ1v) is 20.9. The number of nitrogens with one attached hydrogen (secondary N) is 4. The van der Waals surface area contributed by atoms with E-state index in [1.54, 1.807) is 51.1 Å². The van der Waals surface area contributed by atoms with Gasteiger partial charge in [-0.25, -0.2) is 17.9 Å². The van der Waals surface area contributed by atoms with Crippen LogP contribution < -0.4 is 30.1 Å². The molecule has 4 amide bonds. The van der Waals surface area contributed by atoms with Crippen molar-refractivity contribution in [2.24, 2.45) is 0 Å². The van der Waals surface area contributed by atoms with E-state index in [0.29, 0.717) is 36.4 Å². The van der Waals surface area contributed by atoms with Crippen molar-refractivity contribution in [1.82, 2.24) is 25.3 Å². The fraction of sp³-hybridized carbons (Fsp3) is 0.381. The van der Waals surface area contributed by atoms with Crippen LogP contribution in [0.25, 0.3) is 11.4 Å². The number of fused-ring (bicyclic) bond motifs is 1. The zero-order valence-electron chi connectivity index (χ0n) is 33.1. The number of ether oxygens (including phenoxy) is 3. The lowest BCUT2D eigenvalue weighted by atomic mass is 10.0. The first-order valence-electron chi connectivity index (χ1n) is 19.2. The van der Waals surface area contributed by atoms with Crippen LogP contribution in [0.5, 0.6) is 17.5 Å². The lowest BCUT2D eigenvalue weighted by molar-refractivity contribution is -0.128. The van der Waals surface area contributed by atoms with Crippen molar-refractivity contribution in [1.29, 1.82) is 0 Å². The standard InChI is InChI=1S/C42H50N6O9S/c1-42(2,3)57-41(52)44-33-21-13-8-6-5-7-9-16-26-58(53,54)48-38(49)31-19-14-15-20-32(31)43-40(51)36(47-39(33)50)28-22-24-30(25-23-28)56-35-27-34(55-4)45-37(46-35)29-17-11-10-12-18-29/h10-12,14-15,17-20,22-25,27,33,36H,5-9,13,16,21,26H2,1-4H3,(H,43,51)(H,44,52)(H,47,50)(H,48,49)/t33-,36?/m1/s1. The van der Waals surface area contributed by atoms with E-state index in [1.807, 2.05) is 30.3 Å². The van der Waals surface area contributed by atoms with Gasteiger partial charge in [0.15, 0.2) is 5.82 Å². The maximum atomic E-state index is 14.2. The number of hydrogen-bond acceptors (Lipinski definition) is 11. The number of methoxy groups -OCH3 is 1. The second-order valence-corrected chi connectivity index (χ2v) is 16.6. The average molecular weight is 815 g/mol. The Bertz CT molecular complexity index is 2160. The average Bonchev–Trinajstić information content (AvgIpc) is 3.18. The maximum absolute atomic E-state index is 14.2. The van der Waals surface area contributed by atoms with Crippen molar-refractivity contribution in [3.8, 4) is 28.9 Å². The van der Waals surface area contributed by atoms with Gasteiger partial charge < -0.3 is 30.2 Å². The molecule has 5 rings (SSSR count). The molecule has 16 heteroatoms. The predicted octanol–water partition coefficient (Wildman–Crippen LogP) is 6.83. The monoisotopic (exact) mass is 814 g/mol. The highest BCUT2D eigenvalue weighted by Gasteiger charge is 2.30. The molecule has 1 aliphatic rings. The molecule has 0 spiro atoms. The fourth-order valence-electron chi connectivity index (χ4n) is 6.15. The van der Waals surface area contributed by atoms with Crippen molar-refractivity contribution < 1.29 is 41.8 Å². The quantitative estimate of drug-likeness (QED) is 0.159. The van der Waals surface area contributed by atoms with Crippen LogP contribution in [0, 0.1) is 0 Å². The number of carbonyl (C=O) groups is 4. The van der Waals surface area contributed by atoms with Gasteiger partial charge in [-0.05, 0) is 63.4 Å². The van der Waals surface area contributed by atoms with Gasteiger partial charge in [-0.15, -0.1) is 0 Å². The number of amides is 4. The topological polar surface area (TPSA) is 204 Å². The summed E-state index contributed by atoms with van der Waals surface area (Å²) >= 11 is 0. The van der Waals surface area contributed by atoms with Crippen LogP contribution in [0.4, 0.5) is 10.5 Å². The Balaban J connectivity index is 1.47. The van der Waals surface area contributed by atoms with E-state index < -0.39 is 51.5 Å². The van der Waals surface area contributed by atoms with E-state index in [9.17, 15) is 27.6 Å². The highest BCUT2D eigenvalue weighted by atomic mass is 32.2. The predicted molar refractivity (Wildman–Crippen MR) is 218 cm³/mol. The second-order valence-electron chi connectivity index (χ2n) is 14.8. The Kier molecular flexibility index (Phi) is 14.8. The molecule has 2 atom stereocenters. The lowest BCUT2D eigenvalue weighted by Crippen LogP contribution is -2.50. The molecule has 4 N–H and O–H groups in total. The van der Waals surface area contributed by atoms with Gasteiger partial charge in [0.05, 0.1) is 30.2 Å². The molecule has 4 aromatic rings. The Morgan fingerprint density at radius 3 is 2.12 bits per heavy atom. The molecule has 2 heterocycles. The molecule has 0 saturated heterocycles. The number of hydrogen-bond donors (Lipinski definition) is 4. The van der Waals surface area contributed by atoms with Gasteiger partial charge >= 0.3 is 6.09 Å². The molecular formula is C42H50N6O9S. The number of para-hydroxylation sites is 1. The van der Waals surface area contributed by atoms with Crippen molar-refractivity contribution in [2.75, 3.05) is 18.2 Å². The molecule has 0 fully saturated rings. The smallest absolute Gasteiger partial charge is 0.408 e. The van der Waals surface area contributed by atoms with E-state index in [1.165, 1.54) is 31.4 Å². The molecule has 0 bridgehead atoms. The minimum atomic E-state index is -3.95. The van der Waals surface area contributed by atoms with Crippen LogP contribution in [-0.4, -0.2) is 66.7 Å². The highest BCUT2D eigenvalue weighted by molar-refractivity contribution is 7.90. The molecule has 0 radical (unpaired) electrons. The number of alkyl carbamates (subject to hydrolysis) is 1. The van der Waals surface area contributed by atoms with Crippen molar-refractivity contribution >= 4 is 39.5 Å². The Morgan fingerprint density at radius 2 is 1.43 bits per heavy atom. The number of anilines is 1. The maximum Gasteiger partial charge on any atom is 0.408 e. The Labute approximate surface area is 338 Å². The minimum absolute atomic E-state index is 0.0177. The summed E-state index contributed by atoms with van der Waals surface area (Å²) in [4.78, 5) is 63.4. The molecule has 1 aromatic heterocycles. The number of sulfonamides is 1. The van der Waals surface area contributed by atoms with Crippen LogP contribution in [0.1, 0.15) is 94.1 Å². The van der Waals surface area contributed by atoms with Crippen LogP contribution in [0.15, 0.2) is 84.9 Å². The zero-order chi connectivity index (χ0) is 41.7. The minimum Gasteiger partial charge on any atom is -0.481 e. The molecule has 0 aliphatic carbocycles. The first kappa shape index (κ1) is 43.1. The first-order chi connectivity index (χ1) is 27.7. The third-order valence-electron chi connectivity index (χ3n) is 9.00. The van der Waals surface area contributed by atoms with Crippen molar-refractivity contribution in [2.45, 2.75) is 89.8 Å². The Morgan fingerprint density at radius 1 is 0.793 bits per heavy atom. The summed E-state index contributed by atoms with van der Waals surface area (Å²) in [5.74, 6) is -1.32. The molecular weight excluding hydrogens is 765 g/mol. The summed E-state index contributed by atoms with van der Waals surface area (Å²) in [7, 11) is -2.47. The molecule has 1 unspecified atom stereocenters. The normalized spacial score (nSPS) is 18.6. The number of benzene rings is 3. The van der Waals surface area contributed by atoms with E-state index >= 15 is 0 Å². The molecule has 3 aromatic carbocycles. The van der Waals surface area contributed by atoms with Crippen LogP contribution in [0.3, 0.4) is 0 Å². The number of aromatic nitrogens is 2. The number of rotatable bonds is 6. The van der Waals surface area contributed by atoms with Gasteiger partial charge in [-0.1, -0.05) is 93.1 Å². The second kappa shape index (κ2) is 19.9. The molecule has 58 heavy (non-hydrogen) atoms. The summed E-state index contributed by atoms with van der Waals surface area (Å²) in [6.45, 7) is 5.14. The van der Waals surface area contributed by atoms with Gasteiger partial charge in [0.2, 0.25) is 27.7 Å². The van der Waals surface area contributed by atoms with Gasteiger partial charge in [0, 0.05) is 5.56 Å². The third-order valence-corrected chi connectivity index (χ3v) is 10.3. The summed E-state index contributed by atoms with van der Waals surface area (Å²) in [5, 5.41) is 8.18. The van der Waals surface area contributed by atoms with Crippen molar-refractivity contribution in [3.63, 3.8) is 0 Å². The van der Waals surface area contributed by atoms with E-state index in [-0.39, 0.29) is 35.2 Å². The third kappa shape index (κ3) is 13.0. The lowest BCUT2D eigenvalue weighted by Gasteiger charge is -2.26. The van der Waals surface area contributed by atoms with E-state index in [0.717, 1.165) is 31.2 Å². The van der Waals surface area contributed by atoms with Gasteiger partial charge in [-0.2, -0.15) is 9.97 Å². The highest BCUT2D eigenvalue weighted by Crippen LogP contribution is 2.28. The fourth-order valence-corrected chi connectivity index (χ4v) is 7.23. The summed E-state index contributed by atoms with van der Waals surface area (Å²) in [6, 6.07) is 20.7. The summed E-state index contributed by atoms with van der Waals surface area (Å²) in [5.41, 5.74) is 0.178. The largest absolute Gasteiger partial charge is 0.481 e. The van der Waals surface area contributed by atoms with Crippen molar-refractivity contribution in [3.05, 3.63) is 96.1 Å².